The maximum Gasteiger partial charge on any atom is 0.137 e. The van der Waals surface area contributed by atoms with E-state index in [1.165, 1.54) is 88.3 Å². The predicted octanol–water partition coefficient (Wildman–Crippen LogP) is 25.0. The molecule has 0 saturated carbocycles. The Morgan fingerprint density at radius 1 is 0.228 bits per heavy atom. The van der Waals surface area contributed by atoms with Crippen LogP contribution in [0.25, 0.3) is 131 Å². The van der Waals surface area contributed by atoms with Crippen LogP contribution in [-0.2, 0) is 10.8 Å². The van der Waals surface area contributed by atoms with Gasteiger partial charge in [0.15, 0.2) is 0 Å². The van der Waals surface area contributed by atoms with Crippen LogP contribution in [0.3, 0.4) is 0 Å². The molecular formula is C88H60N2O2. The number of fused-ring (bicyclic) bond motifs is 16. The Kier molecular flexibility index (Phi) is 11.1. The van der Waals surface area contributed by atoms with E-state index in [9.17, 15) is 0 Å². The van der Waals surface area contributed by atoms with Gasteiger partial charge in [-0.15, -0.1) is 0 Å². The van der Waals surface area contributed by atoms with Gasteiger partial charge < -0.3 is 18.6 Å². The highest BCUT2D eigenvalue weighted by molar-refractivity contribution is 6.23. The van der Waals surface area contributed by atoms with Crippen molar-refractivity contribution >= 4 is 121 Å². The number of hydrogen-bond donors (Lipinski definition) is 0. The molecule has 0 radical (unpaired) electrons. The average Bonchev–Trinajstić information content (AvgIpc) is 0.905. The molecule has 19 rings (SSSR count). The Bertz CT molecular complexity index is 5630. The molecule has 92 heavy (non-hydrogen) atoms. The minimum absolute atomic E-state index is 0.232. The number of para-hydroxylation sites is 2. The fourth-order valence-electron chi connectivity index (χ4n) is 16.1. The highest BCUT2D eigenvalue weighted by Gasteiger charge is 2.38. The summed E-state index contributed by atoms with van der Waals surface area (Å²) in [4.78, 5) is 4.85. The minimum Gasteiger partial charge on any atom is -0.456 e. The standard InChI is InChI=1S/C88H60N2O2/c1-87(2)77-25-13-9-21-65(77)67-39-31-57(47-79(67)87)85-73-43-37-62(90(60-34-30-54-18-6-8-20-56(54)46-60)64-36-42-72-70-24-12-16-28-82(70)92-84(72)52-64)50-76(73)86(58-32-40-68-66-22-10-14-26-78(66)88(3,4)80(68)48-58)74-44-38-61(49-75(74)85)89(59-33-29-53-17-5-7-19-55(53)45-59)63-35-41-71-69-23-11-15-27-81(69)91-83(71)51-63/h5-52H,1-4H3. The van der Waals surface area contributed by atoms with Crippen molar-refractivity contribution in [3.8, 4) is 44.5 Å². The fourth-order valence-corrected chi connectivity index (χ4v) is 16.1. The normalized spacial score (nSPS) is 13.6. The molecular weight excluding hydrogens is 1120 g/mol. The van der Waals surface area contributed by atoms with Gasteiger partial charge in [-0.2, -0.15) is 0 Å². The van der Waals surface area contributed by atoms with Gasteiger partial charge in [-0.25, -0.2) is 0 Å². The maximum atomic E-state index is 6.69. The number of hydrogen-bond acceptors (Lipinski definition) is 4. The van der Waals surface area contributed by atoms with Gasteiger partial charge in [-0.1, -0.05) is 210 Å². The van der Waals surface area contributed by atoms with E-state index in [1.807, 2.05) is 12.1 Å². The Hall–Kier alpha value is -11.5. The molecule has 434 valence electrons. The molecule has 0 N–H and O–H groups in total. The van der Waals surface area contributed by atoms with Crippen molar-refractivity contribution in [2.75, 3.05) is 9.80 Å². The fraction of sp³-hybridized carbons (Fsp3) is 0.0682. The van der Waals surface area contributed by atoms with Crippen LogP contribution in [0.2, 0.25) is 0 Å². The first-order valence-corrected chi connectivity index (χ1v) is 32.0. The number of anilines is 6. The minimum atomic E-state index is -0.232. The third kappa shape index (κ3) is 7.77. The quantitative estimate of drug-likeness (QED) is 0.142. The number of nitrogens with zero attached hydrogens (tertiary/aromatic N) is 2. The van der Waals surface area contributed by atoms with E-state index >= 15 is 0 Å². The molecule has 0 unspecified atom stereocenters. The molecule has 4 nitrogen and oxygen atoms in total. The second-order valence-electron chi connectivity index (χ2n) is 26.4. The molecule has 4 heteroatoms. The Labute approximate surface area is 533 Å². The molecule has 0 spiro atoms. The lowest BCUT2D eigenvalue weighted by Gasteiger charge is -2.29. The van der Waals surface area contributed by atoms with E-state index in [4.69, 9.17) is 8.83 Å². The third-order valence-electron chi connectivity index (χ3n) is 20.6. The summed E-state index contributed by atoms with van der Waals surface area (Å²) < 4.78 is 13.4. The molecule has 17 aromatic rings. The first kappa shape index (κ1) is 52.5. The van der Waals surface area contributed by atoms with Crippen LogP contribution in [-0.4, -0.2) is 0 Å². The first-order chi connectivity index (χ1) is 45.1. The van der Waals surface area contributed by atoms with Gasteiger partial charge >= 0.3 is 0 Å². The van der Waals surface area contributed by atoms with Gasteiger partial charge in [0.25, 0.3) is 0 Å². The summed E-state index contributed by atoms with van der Waals surface area (Å²) in [7, 11) is 0. The van der Waals surface area contributed by atoms with Crippen LogP contribution in [0, 0.1) is 0 Å². The van der Waals surface area contributed by atoms with E-state index in [2.05, 4.69) is 317 Å². The highest BCUT2D eigenvalue weighted by Crippen LogP contribution is 2.55. The van der Waals surface area contributed by atoms with Crippen molar-refractivity contribution < 1.29 is 8.83 Å². The molecule has 0 aliphatic heterocycles. The van der Waals surface area contributed by atoms with Crippen LogP contribution in [0.1, 0.15) is 49.9 Å². The third-order valence-corrected chi connectivity index (χ3v) is 20.6. The Balaban J connectivity index is 0.919. The van der Waals surface area contributed by atoms with Gasteiger partial charge in [0.2, 0.25) is 0 Å². The van der Waals surface area contributed by atoms with Crippen LogP contribution < -0.4 is 9.80 Å². The van der Waals surface area contributed by atoms with E-state index in [0.29, 0.717) is 0 Å². The van der Waals surface area contributed by atoms with Crippen molar-refractivity contribution in [3.05, 3.63) is 313 Å². The van der Waals surface area contributed by atoms with E-state index < -0.39 is 0 Å². The summed E-state index contributed by atoms with van der Waals surface area (Å²) in [5, 5.41) is 13.8. The highest BCUT2D eigenvalue weighted by atomic mass is 16.3. The van der Waals surface area contributed by atoms with Crippen LogP contribution >= 0.6 is 0 Å². The Morgan fingerprint density at radius 3 is 1.02 bits per heavy atom. The lowest BCUT2D eigenvalue weighted by molar-refractivity contribution is 0.660. The molecule has 0 saturated heterocycles. The smallest absolute Gasteiger partial charge is 0.137 e. The van der Waals surface area contributed by atoms with Crippen molar-refractivity contribution in [3.63, 3.8) is 0 Å². The second-order valence-corrected chi connectivity index (χ2v) is 26.4. The van der Waals surface area contributed by atoms with Crippen LogP contribution in [0.15, 0.2) is 300 Å². The summed E-state index contributed by atoms with van der Waals surface area (Å²) in [6, 6.07) is 108. The molecule has 0 amide bonds. The Morgan fingerprint density at radius 2 is 0.565 bits per heavy atom. The lowest BCUT2D eigenvalue weighted by atomic mass is 9.79. The summed E-state index contributed by atoms with van der Waals surface area (Å²) >= 11 is 0. The van der Waals surface area contributed by atoms with Gasteiger partial charge in [0.05, 0.1) is 0 Å². The molecule has 0 bridgehead atoms. The predicted molar refractivity (Wildman–Crippen MR) is 386 cm³/mol. The largest absolute Gasteiger partial charge is 0.456 e. The average molecular weight is 1180 g/mol. The number of benzene rings is 15. The first-order valence-electron chi connectivity index (χ1n) is 32.0. The van der Waals surface area contributed by atoms with Crippen LogP contribution in [0.4, 0.5) is 34.1 Å². The molecule has 2 aromatic heterocycles. The molecule has 2 aliphatic carbocycles. The second kappa shape index (κ2) is 19.5. The van der Waals surface area contributed by atoms with Crippen molar-refractivity contribution in [2.45, 2.75) is 38.5 Å². The van der Waals surface area contributed by atoms with Gasteiger partial charge in [-0.05, 0) is 207 Å². The van der Waals surface area contributed by atoms with E-state index in [1.54, 1.807) is 0 Å². The van der Waals surface area contributed by atoms with Crippen molar-refractivity contribution in [1.29, 1.82) is 0 Å². The zero-order chi connectivity index (χ0) is 61.1. The zero-order valence-corrected chi connectivity index (χ0v) is 51.4. The molecule has 0 atom stereocenters. The molecule has 2 aliphatic rings. The van der Waals surface area contributed by atoms with Gasteiger partial charge in [-0.3, -0.25) is 0 Å². The topological polar surface area (TPSA) is 32.8 Å². The lowest BCUT2D eigenvalue weighted by Crippen LogP contribution is -2.15. The summed E-state index contributed by atoms with van der Waals surface area (Å²) in [6.45, 7) is 9.57. The zero-order valence-electron chi connectivity index (χ0n) is 51.4. The number of furan rings is 2. The monoisotopic (exact) mass is 1180 g/mol. The summed E-state index contributed by atoms with van der Waals surface area (Å²) in [6.07, 6.45) is 0. The molecule has 15 aromatic carbocycles. The van der Waals surface area contributed by atoms with Gasteiger partial charge in [0, 0.05) is 78.6 Å². The van der Waals surface area contributed by atoms with Gasteiger partial charge in [0.1, 0.15) is 22.3 Å². The van der Waals surface area contributed by atoms with E-state index in [0.717, 1.165) is 99.5 Å². The SMILES string of the molecule is CC1(C)c2ccccc2-c2ccc(-c3c4ccc(N(c5ccc6ccccc6c5)c5ccc6c(c5)oc5ccccc56)cc4c(-c4ccc5c(c4)C(C)(C)c4ccccc4-5)c4ccc(N(c5ccc6ccccc6c5)c5ccc6c(c5)oc5ccccc56)cc34)cc21. The number of rotatable bonds is 8. The molecule has 2 heterocycles. The molecule has 0 fully saturated rings. The summed E-state index contributed by atoms with van der Waals surface area (Å²) in [5.41, 5.74) is 24.4. The van der Waals surface area contributed by atoms with Crippen molar-refractivity contribution in [1.82, 2.24) is 0 Å². The van der Waals surface area contributed by atoms with Crippen molar-refractivity contribution in [2.24, 2.45) is 0 Å². The summed E-state index contributed by atoms with van der Waals surface area (Å²) in [5.74, 6) is 0. The van der Waals surface area contributed by atoms with Crippen LogP contribution in [0.5, 0.6) is 0 Å². The maximum absolute atomic E-state index is 6.69. The van der Waals surface area contributed by atoms with E-state index in [-0.39, 0.29) is 10.8 Å².